The SMILES string of the molecule is N#Cc1cc2c(nc1SCC(=O)N1c3ccccc3Sc3ccc(Cl)cc31)CCCCCC2. The lowest BCUT2D eigenvalue weighted by molar-refractivity contribution is -0.115. The summed E-state index contributed by atoms with van der Waals surface area (Å²) in [6.07, 6.45) is 6.61. The third-order valence-electron chi connectivity index (χ3n) is 5.96. The van der Waals surface area contributed by atoms with Gasteiger partial charge in [-0.15, -0.1) is 0 Å². The fraction of sp³-hybridized carbons (Fsp3) is 0.269. The van der Waals surface area contributed by atoms with E-state index in [0.29, 0.717) is 15.6 Å². The standard InChI is InChI=1S/C26H22ClN3OS2/c27-19-11-12-24-22(14-19)30(21-9-5-6-10-23(21)33-24)25(31)16-32-26-18(15-28)13-17-7-3-1-2-4-8-20(17)29-26/h5-6,9-14H,1-4,7-8,16H2. The number of carbonyl (C=O) groups excluding carboxylic acids is 1. The number of para-hydroxylation sites is 1. The molecule has 0 radical (unpaired) electrons. The summed E-state index contributed by atoms with van der Waals surface area (Å²) in [4.78, 5) is 22.2. The molecular formula is C26H22ClN3OS2. The number of thioether (sulfide) groups is 1. The molecular weight excluding hydrogens is 470 g/mol. The Labute approximate surface area is 207 Å². The number of amides is 1. The molecule has 5 rings (SSSR count). The second kappa shape index (κ2) is 9.80. The summed E-state index contributed by atoms with van der Waals surface area (Å²) in [6, 6.07) is 17.8. The highest BCUT2D eigenvalue weighted by Crippen LogP contribution is 2.49. The van der Waals surface area contributed by atoms with Crippen molar-refractivity contribution in [1.29, 1.82) is 5.26 Å². The lowest BCUT2D eigenvalue weighted by Gasteiger charge is -2.31. The van der Waals surface area contributed by atoms with E-state index >= 15 is 0 Å². The molecule has 0 saturated heterocycles. The molecule has 0 saturated carbocycles. The van der Waals surface area contributed by atoms with Gasteiger partial charge in [0.1, 0.15) is 11.1 Å². The minimum Gasteiger partial charge on any atom is -0.278 e. The van der Waals surface area contributed by atoms with Crippen molar-refractivity contribution in [1.82, 2.24) is 4.98 Å². The van der Waals surface area contributed by atoms with E-state index in [2.05, 4.69) is 6.07 Å². The Morgan fingerprint density at radius 2 is 1.85 bits per heavy atom. The fourth-order valence-corrected chi connectivity index (χ4v) is 6.38. The normalized spacial score (nSPS) is 14.8. The maximum atomic E-state index is 13.5. The first-order valence-corrected chi connectivity index (χ1v) is 13.3. The predicted octanol–water partition coefficient (Wildman–Crippen LogP) is 7.19. The quantitative estimate of drug-likeness (QED) is 0.363. The van der Waals surface area contributed by atoms with Crippen LogP contribution in [0.2, 0.25) is 5.02 Å². The molecule has 1 aliphatic carbocycles. The van der Waals surface area contributed by atoms with Gasteiger partial charge in [-0.25, -0.2) is 4.98 Å². The molecule has 0 unspecified atom stereocenters. The lowest BCUT2D eigenvalue weighted by Crippen LogP contribution is -2.30. The zero-order chi connectivity index (χ0) is 22.8. The van der Waals surface area contributed by atoms with E-state index in [0.717, 1.165) is 52.5 Å². The number of nitriles is 1. The van der Waals surface area contributed by atoms with Gasteiger partial charge >= 0.3 is 0 Å². The number of nitrogens with zero attached hydrogens (tertiary/aromatic N) is 3. The van der Waals surface area contributed by atoms with Gasteiger partial charge < -0.3 is 0 Å². The minimum atomic E-state index is -0.0614. The van der Waals surface area contributed by atoms with Crippen LogP contribution in [-0.4, -0.2) is 16.6 Å². The smallest absolute Gasteiger partial charge is 0.242 e. The van der Waals surface area contributed by atoms with Gasteiger partial charge in [0.25, 0.3) is 0 Å². The van der Waals surface area contributed by atoms with Crippen molar-refractivity contribution in [2.45, 2.75) is 53.3 Å². The summed E-state index contributed by atoms with van der Waals surface area (Å²) in [5.74, 6) is 0.125. The second-order valence-electron chi connectivity index (χ2n) is 8.17. The molecule has 3 aromatic rings. The third kappa shape index (κ3) is 4.63. The van der Waals surface area contributed by atoms with Crippen molar-refractivity contribution in [3.8, 4) is 6.07 Å². The second-order valence-corrected chi connectivity index (χ2v) is 10.7. The highest BCUT2D eigenvalue weighted by atomic mass is 35.5. The molecule has 1 aliphatic heterocycles. The first-order chi connectivity index (χ1) is 16.1. The third-order valence-corrected chi connectivity index (χ3v) is 8.30. The van der Waals surface area contributed by atoms with Gasteiger partial charge in [-0.2, -0.15) is 5.26 Å². The summed E-state index contributed by atoms with van der Waals surface area (Å²) >= 11 is 9.26. The van der Waals surface area contributed by atoms with E-state index in [9.17, 15) is 10.1 Å². The predicted molar refractivity (Wildman–Crippen MR) is 135 cm³/mol. The molecule has 1 aromatic heterocycles. The summed E-state index contributed by atoms with van der Waals surface area (Å²) in [7, 11) is 0. The van der Waals surface area contributed by atoms with Crippen LogP contribution in [0, 0.1) is 11.3 Å². The first kappa shape index (κ1) is 22.3. The van der Waals surface area contributed by atoms with E-state index in [1.807, 2.05) is 48.5 Å². The van der Waals surface area contributed by atoms with E-state index < -0.39 is 0 Å². The van der Waals surface area contributed by atoms with E-state index in [1.54, 1.807) is 16.7 Å². The molecule has 0 atom stereocenters. The largest absolute Gasteiger partial charge is 0.278 e. The Morgan fingerprint density at radius 1 is 1.06 bits per heavy atom. The van der Waals surface area contributed by atoms with Crippen LogP contribution in [-0.2, 0) is 17.6 Å². The number of aromatic nitrogens is 1. The molecule has 2 heterocycles. The highest BCUT2D eigenvalue weighted by Gasteiger charge is 2.28. The van der Waals surface area contributed by atoms with Crippen molar-refractivity contribution in [2.24, 2.45) is 0 Å². The van der Waals surface area contributed by atoms with E-state index in [4.69, 9.17) is 16.6 Å². The van der Waals surface area contributed by atoms with Crippen LogP contribution in [0.1, 0.15) is 42.5 Å². The van der Waals surface area contributed by atoms with Gasteiger partial charge in [0.05, 0.1) is 22.7 Å². The molecule has 1 amide bonds. The molecule has 4 nitrogen and oxygen atoms in total. The van der Waals surface area contributed by atoms with Crippen LogP contribution in [0.5, 0.6) is 0 Å². The lowest BCUT2D eigenvalue weighted by atomic mass is 9.96. The van der Waals surface area contributed by atoms with Crippen LogP contribution in [0.4, 0.5) is 11.4 Å². The number of hydrogen-bond acceptors (Lipinski definition) is 5. The summed E-state index contributed by atoms with van der Waals surface area (Å²) < 4.78 is 0. The Morgan fingerprint density at radius 3 is 2.70 bits per heavy atom. The van der Waals surface area contributed by atoms with Gasteiger partial charge in [0.15, 0.2) is 0 Å². The zero-order valence-electron chi connectivity index (χ0n) is 18.0. The summed E-state index contributed by atoms with van der Waals surface area (Å²) in [6.45, 7) is 0. The minimum absolute atomic E-state index is 0.0614. The Balaban J connectivity index is 1.44. The van der Waals surface area contributed by atoms with Gasteiger partial charge in [-0.05, 0) is 67.6 Å². The van der Waals surface area contributed by atoms with Gasteiger partial charge in [0.2, 0.25) is 5.91 Å². The van der Waals surface area contributed by atoms with Crippen LogP contribution >= 0.6 is 35.1 Å². The van der Waals surface area contributed by atoms with Crippen molar-refractivity contribution in [2.75, 3.05) is 10.7 Å². The van der Waals surface area contributed by atoms with Crippen molar-refractivity contribution in [3.63, 3.8) is 0 Å². The monoisotopic (exact) mass is 491 g/mol. The van der Waals surface area contributed by atoms with Crippen LogP contribution in [0.3, 0.4) is 0 Å². The van der Waals surface area contributed by atoms with Gasteiger partial charge in [-0.1, -0.05) is 60.1 Å². The number of carbonyl (C=O) groups is 1. The average Bonchev–Trinajstić information content (AvgIpc) is 2.81. The van der Waals surface area contributed by atoms with Gasteiger partial charge in [0, 0.05) is 20.5 Å². The fourth-order valence-electron chi connectivity index (χ4n) is 4.35. The maximum absolute atomic E-state index is 13.5. The van der Waals surface area contributed by atoms with Crippen molar-refractivity contribution < 1.29 is 4.79 Å². The Bertz CT molecular complexity index is 1270. The summed E-state index contributed by atoms with van der Waals surface area (Å²) in [5.41, 5.74) is 4.48. The molecule has 7 heteroatoms. The van der Waals surface area contributed by atoms with E-state index in [1.165, 1.54) is 30.2 Å². The number of anilines is 2. The molecule has 0 fully saturated rings. The number of hydrogen-bond donors (Lipinski definition) is 0. The molecule has 0 bridgehead atoms. The Hall–Kier alpha value is -2.46. The molecule has 0 spiro atoms. The van der Waals surface area contributed by atoms with Crippen molar-refractivity contribution >= 4 is 52.4 Å². The van der Waals surface area contributed by atoms with Crippen LogP contribution < -0.4 is 4.90 Å². The number of fused-ring (bicyclic) bond motifs is 3. The van der Waals surface area contributed by atoms with Crippen LogP contribution in [0.25, 0.3) is 0 Å². The number of benzene rings is 2. The number of halogens is 1. The average molecular weight is 492 g/mol. The Kier molecular flexibility index (Phi) is 6.64. The molecule has 0 N–H and O–H groups in total. The van der Waals surface area contributed by atoms with Crippen LogP contribution in [0.15, 0.2) is 63.3 Å². The maximum Gasteiger partial charge on any atom is 0.242 e. The summed E-state index contributed by atoms with van der Waals surface area (Å²) in [5, 5.41) is 11.0. The van der Waals surface area contributed by atoms with Crippen molar-refractivity contribution in [3.05, 3.63) is 70.4 Å². The van der Waals surface area contributed by atoms with Gasteiger partial charge in [-0.3, -0.25) is 9.69 Å². The zero-order valence-corrected chi connectivity index (χ0v) is 20.4. The molecule has 2 aliphatic rings. The number of aryl methyl sites for hydroxylation is 2. The topological polar surface area (TPSA) is 57.0 Å². The van der Waals surface area contributed by atoms with E-state index in [-0.39, 0.29) is 11.7 Å². The molecule has 166 valence electrons. The molecule has 2 aromatic carbocycles. The first-order valence-electron chi connectivity index (χ1n) is 11.1. The number of pyridine rings is 1. The molecule has 33 heavy (non-hydrogen) atoms. The highest BCUT2D eigenvalue weighted by molar-refractivity contribution is 8.00. The number of rotatable bonds is 3.